The number of aromatic carboxylic acids is 1. The van der Waals surface area contributed by atoms with E-state index in [0.29, 0.717) is 5.69 Å². The Bertz CT molecular complexity index is 591. The van der Waals surface area contributed by atoms with E-state index in [0.717, 1.165) is 17.0 Å². The lowest BCUT2D eigenvalue weighted by atomic mass is 10.1. The van der Waals surface area contributed by atoms with Crippen molar-refractivity contribution in [3.8, 4) is 5.75 Å². The highest BCUT2D eigenvalue weighted by molar-refractivity contribution is 5.95. The Morgan fingerprint density at radius 2 is 1.84 bits per heavy atom. The molecule has 98 valence electrons. The summed E-state index contributed by atoms with van der Waals surface area (Å²) in [5.41, 5.74) is 2.65. The number of ether oxygens (including phenoxy) is 1. The largest absolute Gasteiger partial charge is 0.497 e. The molecule has 0 atom stereocenters. The van der Waals surface area contributed by atoms with Crippen molar-refractivity contribution in [3.05, 3.63) is 53.6 Å². The quantitative estimate of drug-likeness (QED) is 0.880. The van der Waals surface area contributed by atoms with Crippen molar-refractivity contribution in [2.45, 2.75) is 6.92 Å². The summed E-state index contributed by atoms with van der Waals surface area (Å²) in [6, 6.07) is 12.5. The molecule has 0 saturated heterocycles. The molecule has 0 aromatic heterocycles. The number of carbonyl (C=O) groups is 1. The van der Waals surface area contributed by atoms with Crippen molar-refractivity contribution in [2.75, 3.05) is 12.4 Å². The highest BCUT2D eigenvalue weighted by atomic mass is 16.5. The number of rotatable bonds is 4. The number of carboxylic acid groups (broad SMARTS) is 1. The molecule has 4 heteroatoms. The number of aryl methyl sites for hydroxylation is 1. The van der Waals surface area contributed by atoms with Gasteiger partial charge in [-0.1, -0.05) is 6.07 Å². The molecule has 0 spiro atoms. The predicted octanol–water partition coefficient (Wildman–Crippen LogP) is 3.45. The number of hydrogen-bond acceptors (Lipinski definition) is 3. The van der Waals surface area contributed by atoms with E-state index >= 15 is 0 Å². The van der Waals surface area contributed by atoms with Crippen molar-refractivity contribution < 1.29 is 14.6 Å². The maximum atomic E-state index is 11.2. The van der Waals surface area contributed by atoms with E-state index in [1.54, 1.807) is 19.2 Å². The lowest BCUT2D eigenvalue weighted by Crippen LogP contribution is -2.03. The second-order valence-corrected chi connectivity index (χ2v) is 4.21. The molecule has 0 unspecified atom stereocenters. The van der Waals surface area contributed by atoms with Crippen LogP contribution in [0.2, 0.25) is 0 Å². The predicted molar refractivity (Wildman–Crippen MR) is 74.4 cm³/mol. The van der Waals surface area contributed by atoms with E-state index in [-0.39, 0.29) is 5.56 Å². The molecule has 0 aliphatic carbocycles. The van der Waals surface area contributed by atoms with E-state index in [1.807, 2.05) is 37.3 Å². The lowest BCUT2D eigenvalue weighted by Gasteiger charge is -2.11. The zero-order valence-electron chi connectivity index (χ0n) is 10.8. The third-order valence-corrected chi connectivity index (χ3v) is 2.77. The molecule has 2 rings (SSSR count). The van der Waals surface area contributed by atoms with E-state index < -0.39 is 5.97 Å². The van der Waals surface area contributed by atoms with Gasteiger partial charge in [0.25, 0.3) is 0 Å². The topological polar surface area (TPSA) is 58.6 Å². The number of nitrogens with one attached hydrogen (secondary N) is 1. The standard InChI is InChI=1S/C15H15NO3/c1-10-3-8-13(15(17)18)14(9-10)16-11-4-6-12(19-2)7-5-11/h3-9,16H,1-2H3,(H,17,18). The van der Waals surface area contributed by atoms with E-state index in [1.165, 1.54) is 0 Å². The zero-order valence-corrected chi connectivity index (χ0v) is 10.8. The Labute approximate surface area is 111 Å². The fourth-order valence-electron chi connectivity index (χ4n) is 1.78. The van der Waals surface area contributed by atoms with Gasteiger partial charge in [-0.25, -0.2) is 4.79 Å². The molecular weight excluding hydrogens is 242 g/mol. The number of carboxylic acids is 1. The summed E-state index contributed by atoms with van der Waals surface area (Å²) in [6.07, 6.45) is 0. The molecule has 2 aromatic carbocycles. The van der Waals surface area contributed by atoms with Crippen molar-refractivity contribution in [3.63, 3.8) is 0 Å². The smallest absolute Gasteiger partial charge is 0.337 e. The van der Waals surface area contributed by atoms with Gasteiger partial charge in [-0.15, -0.1) is 0 Å². The molecule has 4 nitrogen and oxygen atoms in total. The Morgan fingerprint density at radius 1 is 1.16 bits per heavy atom. The van der Waals surface area contributed by atoms with Gasteiger partial charge in [-0.2, -0.15) is 0 Å². The van der Waals surface area contributed by atoms with Crippen LogP contribution in [0.4, 0.5) is 11.4 Å². The second-order valence-electron chi connectivity index (χ2n) is 4.21. The SMILES string of the molecule is COc1ccc(Nc2cc(C)ccc2C(=O)O)cc1. The average Bonchev–Trinajstić information content (AvgIpc) is 2.39. The van der Waals surface area contributed by atoms with Crippen LogP contribution in [0.5, 0.6) is 5.75 Å². The Kier molecular flexibility index (Phi) is 3.71. The Balaban J connectivity index is 2.31. The molecule has 0 saturated carbocycles. The highest BCUT2D eigenvalue weighted by Crippen LogP contribution is 2.24. The average molecular weight is 257 g/mol. The van der Waals surface area contributed by atoms with Gasteiger partial charge in [0.1, 0.15) is 5.75 Å². The van der Waals surface area contributed by atoms with Crippen LogP contribution < -0.4 is 10.1 Å². The highest BCUT2D eigenvalue weighted by Gasteiger charge is 2.10. The van der Waals surface area contributed by atoms with Crippen molar-refractivity contribution in [1.82, 2.24) is 0 Å². The van der Waals surface area contributed by atoms with Crippen molar-refractivity contribution >= 4 is 17.3 Å². The molecule has 0 fully saturated rings. The van der Waals surface area contributed by atoms with Crippen molar-refractivity contribution in [1.29, 1.82) is 0 Å². The maximum absolute atomic E-state index is 11.2. The van der Waals surface area contributed by atoms with Gasteiger partial charge in [0.15, 0.2) is 0 Å². The fourth-order valence-corrected chi connectivity index (χ4v) is 1.78. The van der Waals surface area contributed by atoms with Crippen LogP contribution in [0.1, 0.15) is 15.9 Å². The van der Waals surface area contributed by atoms with Crippen LogP contribution in [0.3, 0.4) is 0 Å². The summed E-state index contributed by atoms with van der Waals surface area (Å²) in [5, 5.41) is 12.3. The van der Waals surface area contributed by atoms with E-state index in [4.69, 9.17) is 9.84 Å². The molecule has 0 bridgehead atoms. The van der Waals surface area contributed by atoms with E-state index in [2.05, 4.69) is 5.32 Å². The van der Waals surface area contributed by atoms with E-state index in [9.17, 15) is 4.79 Å². The van der Waals surface area contributed by atoms with Crippen molar-refractivity contribution in [2.24, 2.45) is 0 Å². The molecule has 2 aromatic rings. The van der Waals surface area contributed by atoms with Gasteiger partial charge in [-0.05, 0) is 48.9 Å². The number of methoxy groups -OCH3 is 1. The third-order valence-electron chi connectivity index (χ3n) is 2.77. The zero-order chi connectivity index (χ0) is 13.8. The molecule has 0 aliphatic rings. The van der Waals surface area contributed by atoms with Crippen LogP contribution in [-0.4, -0.2) is 18.2 Å². The lowest BCUT2D eigenvalue weighted by molar-refractivity contribution is 0.0698. The summed E-state index contributed by atoms with van der Waals surface area (Å²) in [5.74, 6) is -0.190. The van der Waals surface area contributed by atoms with Gasteiger partial charge in [-0.3, -0.25) is 0 Å². The first-order valence-electron chi connectivity index (χ1n) is 5.85. The number of benzene rings is 2. The Hall–Kier alpha value is -2.49. The fraction of sp³-hybridized carbons (Fsp3) is 0.133. The first-order chi connectivity index (χ1) is 9.10. The molecular formula is C15H15NO3. The van der Waals surface area contributed by atoms with Crippen LogP contribution in [-0.2, 0) is 0 Å². The minimum atomic E-state index is -0.948. The molecule has 0 aliphatic heterocycles. The maximum Gasteiger partial charge on any atom is 0.337 e. The van der Waals surface area contributed by atoms with Crippen LogP contribution in [0.25, 0.3) is 0 Å². The molecule has 0 radical (unpaired) electrons. The van der Waals surface area contributed by atoms with Gasteiger partial charge in [0.05, 0.1) is 18.4 Å². The van der Waals surface area contributed by atoms with Crippen LogP contribution in [0.15, 0.2) is 42.5 Å². The minimum Gasteiger partial charge on any atom is -0.497 e. The third kappa shape index (κ3) is 3.04. The molecule has 0 heterocycles. The molecule has 0 amide bonds. The van der Waals surface area contributed by atoms with Crippen LogP contribution >= 0.6 is 0 Å². The summed E-state index contributed by atoms with van der Waals surface area (Å²) in [4.78, 5) is 11.2. The summed E-state index contributed by atoms with van der Waals surface area (Å²) in [7, 11) is 1.60. The van der Waals surface area contributed by atoms with Gasteiger partial charge in [0.2, 0.25) is 0 Å². The Morgan fingerprint density at radius 3 is 2.42 bits per heavy atom. The summed E-state index contributed by atoms with van der Waals surface area (Å²) < 4.78 is 5.08. The van der Waals surface area contributed by atoms with Gasteiger partial charge in [0, 0.05) is 5.69 Å². The summed E-state index contributed by atoms with van der Waals surface area (Å²) >= 11 is 0. The molecule has 2 N–H and O–H groups in total. The number of anilines is 2. The first-order valence-corrected chi connectivity index (χ1v) is 5.85. The van der Waals surface area contributed by atoms with Gasteiger partial charge < -0.3 is 15.2 Å². The monoisotopic (exact) mass is 257 g/mol. The normalized spacial score (nSPS) is 10.0. The second kappa shape index (κ2) is 5.44. The summed E-state index contributed by atoms with van der Waals surface area (Å²) in [6.45, 7) is 1.92. The van der Waals surface area contributed by atoms with Gasteiger partial charge >= 0.3 is 5.97 Å². The minimum absolute atomic E-state index is 0.251. The molecule has 19 heavy (non-hydrogen) atoms. The first kappa shape index (κ1) is 13.0. The van der Waals surface area contributed by atoms with Crippen LogP contribution in [0, 0.1) is 6.92 Å². The number of hydrogen-bond donors (Lipinski definition) is 2.